The normalized spacial score (nSPS) is 18.2. The van der Waals surface area contributed by atoms with Crippen molar-refractivity contribution >= 4 is 11.8 Å². The molecule has 0 saturated carbocycles. The fourth-order valence-corrected chi connectivity index (χ4v) is 3.71. The third-order valence-corrected chi connectivity index (χ3v) is 4.46. The highest BCUT2D eigenvalue weighted by Crippen LogP contribution is 2.41. The number of benzene rings is 1. The average Bonchev–Trinajstić information content (AvgIpc) is 2.26. The quantitative estimate of drug-likeness (QED) is 0.868. The average molecular weight is 236 g/mol. The highest BCUT2D eigenvalue weighted by molar-refractivity contribution is 7.99. The Morgan fingerprint density at radius 1 is 1.38 bits per heavy atom. The van der Waals surface area contributed by atoms with Gasteiger partial charge in [-0.15, -0.1) is 11.8 Å². The number of hydrogen-bond acceptors (Lipinski definition) is 2. The van der Waals surface area contributed by atoms with Crippen molar-refractivity contribution in [3.05, 3.63) is 29.3 Å². The van der Waals surface area contributed by atoms with Gasteiger partial charge in [0.2, 0.25) is 0 Å². The van der Waals surface area contributed by atoms with Gasteiger partial charge in [0.25, 0.3) is 0 Å². The fraction of sp³-hybridized carbons (Fsp3) is 0.571. The van der Waals surface area contributed by atoms with Gasteiger partial charge in [0.1, 0.15) is 0 Å². The van der Waals surface area contributed by atoms with Gasteiger partial charge in [0, 0.05) is 11.5 Å². The van der Waals surface area contributed by atoms with Gasteiger partial charge in [-0.2, -0.15) is 0 Å². The Balaban J connectivity index is 2.28. The molecule has 0 saturated heterocycles. The zero-order valence-electron chi connectivity index (χ0n) is 10.1. The minimum atomic E-state index is 0.287. The molecule has 0 atom stereocenters. The SMILES string of the molecule is CC1(C)CCSc2ccc(CCCO)cc21. The lowest BCUT2D eigenvalue weighted by molar-refractivity contribution is 0.288. The summed E-state index contributed by atoms with van der Waals surface area (Å²) in [6.45, 7) is 4.96. The molecule has 0 amide bonds. The van der Waals surface area contributed by atoms with Crippen molar-refractivity contribution in [2.45, 2.75) is 43.4 Å². The predicted molar refractivity (Wildman–Crippen MR) is 70.2 cm³/mol. The van der Waals surface area contributed by atoms with Crippen molar-refractivity contribution in [2.24, 2.45) is 0 Å². The molecule has 0 bridgehead atoms. The van der Waals surface area contributed by atoms with Crippen LogP contribution in [0.15, 0.2) is 23.1 Å². The highest BCUT2D eigenvalue weighted by atomic mass is 32.2. The maximum absolute atomic E-state index is 8.86. The molecule has 16 heavy (non-hydrogen) atoms. The van der Waals surface area contributed by atoms with Gasteiger partial charge in [-0.25, -0.2) is 0 Å². The van der Waals surface area contributed by atoms with E-state index in [0.717, 1.165) is 12.8 Å². The molecule has 1 aromatic carbocycles. The minimum Gasteiger partial charge on any atom is -0.396 e. The first-order valence-corrected chi connectivity index (χ1v) is 6.99. The zero-order chi connectivity index (χ0) is 11.6. The highest BCUT2D eigenvalue weighted by Gasteiger charge is 2.27. The van der Waals surface area contributed by atoms with Crippen LogP contribution in [0, 0.1) is 0 Å². The van der Waals surface area contributed by atoms with Crippen LogP contribution in [0.2, 0.25) is 0 Å². The van der Waals surface area contributed by atoms with Gasteiger partial charge in [0.15, 0.2) is 0 Å². The summed E-state index contributed by atoms with van der Waals surface area (Å²) in [6.07, 6.45) is 3.12. The van der Waals surface area contributed by atoms with Crippen LogP contribution in [-0.2, 0) is 11.8 Å². The lowest BCUT2D eigenvalue weighted by Gasteiger charge is -2.32. The minimum absolute atomic E-state index is 0.287. The molecule has 2 heteroatoms. The first kappa shape index (κ1) is 12.0. The predicted octanol–water partition coefficient (Wildman–Crippen LogP) is 3.38. The Bertz CT molecular complexity index is 371. The van der Waals surface area contributed by atoms with E-state index in [2.05, 4.69) is 32.0 Å². The molecule has 1 nitrogen and oxygen atoms in total. The smallest absolute Gasteiger partial charge is 0.0434 e. The second kappa shape index (κ2) is 4.80. The van der Waals surface area contributed by atoms with E-state index < -0.39 is 0 Å². The van der Waals surface area contributed by atoms with Crippen molar-refractivity contribution in [1.82, 2.24) is 0 Å². The van der Waals surface area contributed by atoms with Gasteiger partial charge in [0.05, 0.1) is 0 Å². The zero-order valence-corrected chi connectivity index (χ0v) is 10.9. The second-order valence-electron chi connectivity index (χ2n) is 5.14. The number of aliphatic hydroxyl groups is 1. The van der Waals surface area contributed by atoms with Crippen molar-refractivity contribution in [2.75, 3.05) is 12.4 Å². The van der Waals surface area contributed by atoms with Crippen molar-refractivity contribution in [1.29, 1.82) is 0 Å². The van der Waals surface area contributed by atoms with Gasteiger partial charge in [-0.3, -0.25) is 0 Å². The molecule has 1 N–H and O–H groups in total. The summed E-state index contributed by atoms with van der Waals surface area (Å²) in [7, 11) is 0. The number of aryl methyl sites for hydroxylation is 1. The molecule has 0 fully saturated rings. The molecular formula is C14H20OS. The summed E-state index contributed by atoms with van der Waals surface area (Å²) in [5.74, 6) is 1.23. The molecule has 1 aromatic rings. The molecule has 1 aliphatic heterocycles. The lowest BCUT2D eigenvalue weighted by atomic mass is 9.81. The van der Waals surface area contributed by atoms with E-state index >= 15 is 0 Å². The fourth-order valence-electron chi connectivity index (χ4n) is 2.22. The summed E-state index contributed by atoms with van der Waals surface area (Å²) in [4.78, 5) is 1.45. The molecule has 0 unspecified atom stereocenters. The van der Waals surface area contributed by atoms with Crippen LogP contribution < -0.4 is 0 Å². The van der Waals surface area contributed by atoms with Gasteiger partial charge in [-0.1, -0.05) is 26.0 Å². The summed E-state index contributed by atoms with van der Waals surface area (Å²) in [6, 6.07) is 6.81. The Labute approximate surface area is 102 Å². The molecule has 1 heterocycles. The van der Waals surface area contributed by atoms with Gasteiger partial charge < -0.3 is 5.11 Å². The third kappa shape index (κ3) is 2.44. The Morgan fingerprint density at radius 2 is 2.19 bits per heavy atom. The Morgan fingerprint density at radius 3 is 2.94 bits per heavy atom. The number of aliphatic hydroxyl groups excluding tert-OH is 1. The maximum Gasteiger partial charge on any atom is 0.0434 e. The molecular weight excluding hydrogens is 216 g/mol. The van der Waals surface area contributed by atoms with E-state index in [1.54, 1.807) is 0 Å². The summed E-state index contributed by atoms with van der Waals surface area (Å²) in [5, 5.41) is 8.86. The summed E-state index contributed by atoms with van der Waals surface area (Å²) < 4.78 is 0. The topological polar surface area (TPSA) is 20.2 Å². The van der Waals surface area contributed by atoms with Crippen LogP contribution in [-0.4, -0.2) is 17.5 Å². The molecule has 0 radical (unpaired) electrons. The number of rotatable bonds is 3. The van der Waals surface area contributed by atoms with Crippen LogP contribution in [0.5, 0.6) is 0 Å². The largest absolute Gasteiger partial charge is 0.396 e. The molecule has 1 aliphatic rings. The molecule has 0 aliphatic carbocycles. The van der Waals surface area contributed by atoms with E-state index in [1.165, 1.54) is 28.2 Å². The van der Waals surface area contributed by atoms with Crippen LogP contribution >= 0.6 is 11.8 Å². The Hall–Kier alpha value is -0.470. The van der Waals surface area contributed by atoms with Crippen molar-refractivity contribution in [3.8, 4) is 0 Å². The van der Waals surface area contributed by atoms with Crippen molar-refractivity contribution in [3.63, 3.8) is 0 Å². The first-order valence-electron chi connectivity index (χ1n) is 6.00. The standard InChI is InChI=1S/C14H20OS/c1-14(2)7-9-16-13-6-5-11(4-3-8-15)10-12(13)14/h5-6,10,15H,3-4,7-9H2,1-2H3. The van der Waals surface area contributed by atoms with E-state index in [0.29, 0.717) is 5.41 Å². The van der Waals surface area contributed by atoms with Crippen LogP contribution in [0.1, 0.15) is 37.8 Å². The van der Waals surface area contributed by atoms with Crippen LogP contribution in [0.4, 0.5) is 0 Å². The van der Waals surface area contributed by atoms with E-state index in [-0.39, 0.29) is 6.61 Å². The van der Waals surface area contributed by atoms with Gasteiger partial charge in [-0.05, 0) is 47.6 Å². The molecule has 0 aromatic heterocycles. The van der Waals surface area contributed by atoms with Crippen LogP contribution in [0.25, 0.3) is 0 Å². The maximum atomic E-state index is 8.86. The molecule has 88 valence electrons. The lowest BCUT2D eigenvalue weighted by Crippen LogP contribution is -2.22. The molecule has 2 rings (SSSR count). The van der Waals surface area contributed by atoms with Gasteiger partial charge >= 0.3 is 0 Å². The summed E-state index contributed by atoms with van der Waals surface area (Å²) >= 11 is 1.97. The second-order valence-corrected chi connectivity index (χ2v) is 6.28. The third-order valence-electron chi connectivity index (χ3n) is 3.38. The molecule has 0 spiro atoms. The van der Waals surface area contributed by atoms with E-state index in [1.807, 2.05) is 11.8 Å². The first-order chi connectivity index (χ1) is 7.63. The van der Waals surface area contributed by atoms with Crippen LogP contribution in [0.3, 0.4) is 0 Å². The van der Waals surface area contributed by atoms with E-state index in [4.69, 9.17) is 5.11 Å². The summed E-state index contributed by atoms with van der Waals surface area (Å²) in [5.41, 5.74) is 3.18. The monoisotopic (exact) mass is 236 g/mol. The van der Waals surface area contributed by atoms with Crippen molar-refractivity contribution < 1.29 is 5.11 Å². The number of thioether (sulfide) groups is 1. The number of hydrogen-bond donors (Lipinski definition) is 1. The number of fused-ring (bicyclic) bond motifs is 1. The van der Waals surface area contributed by atoms with E-state index in [9.17, 15) is 0 Å². The Kier molecular flexibility index (Phi) is 3.60.